The van der Waals surface area contributed by atoms with Crippen molar-refractivity contribution in [1.82, 2.24) is 10.2 Å². The second-order valence-electron chi connectivity index (χ2n) is 4.93. The fraction of sp³-hybridized carbons (Fsp3) is 0.375. The van der Waals surface area contributed by atoms with Crippen LogP contribution in [0.4, 0.5) is 4.79 Å². The Hall–Kier alpha value is -2.50. The summed E-state index contributed by atoms with van der Waals surface area (Å²) in [4.78, 5) is 25.5. The molecule has 1 aliphatic heterocycles. The standard InChI is InChI=1S/C16H20N2O4/c1-5-22-12-8-6-11(7-9-12)14-13(15(19)21-4)10(2)18(3)16(20)17-14/h6-9,14H,5H2,1-4H3,(H,17,20). The first-order valence-corrected chi connectivity index (χ1v) is 7.05. The van der Waals surface area contributed by atoms with Gasteiger partial charge in [-0.2, -0.15) is 0 Å². The first kappa shape index (κ1) is 15.9. The SMILES string of the molecule is CCOc1ccc(C2NC(=O)N(C)C(C)=C2C(=O)OC)cc1. The molecule has 1 aromatic carbocycles. The molecule has 1 heterocycles. The van der Waals surface area contributed by atoms with E-state index in [-0.39, 0.29) is 6.03 Å². The van der Waals surface area contributed by atoms with Gasteiger partial charge < -0.3 is 19.7 Å². The molecule has 118 valence electrons. The highest BCUT2D eigenvalue weighted by molar-refractivity contribution is 5.94. The number of urea groups is 1. The summed E-state index contributed by atoms with van der Waals surface area (Å²) in [7, 11) is 2.94. The number of esters is 1. The van der Waals surface area contributed by atoms with Crippen LogP contribution in [0.5, 0.6) is 5.75 Å². The van der Waals surface area contributed by atoms with E-state index in [1.54, 1.807) is 14.0 Å². The molecule has 0 bridgehead atoms. The molecular weight excluding hydrogens is 284 g/mol. The summed E-state index contributed by atoms with van der Waals surface area (Å²) in [5, 5.41) is 2.82. The lowest BCUT2D eigenvalue weighted by Crippen LogP contribution is -2.46. The zero-order valence-corrected chi connectivity index (χ0v) is 13.2. The van der Waals surface area contributed by atoms with Gasteiger partial charge in [0.25, 0.3) is 0 Å². The molecule has 0 fully saturated rings. The molecule has 1 atom stereocenters. The third kappa shape index (κ3) is 2.90. The van der Waals surface area contributed by atoms with Gasteiger partial charge in [0.2, 0.25) is 0 Å². The summed E-state index contributed by atoms with van der Waals surface area (Å²) in [5.74, 6) is 0.286. The minimum absolute atomic E-state index is 0.260. The van der Waals surface area contributed by atoms with Crippen molar-refractivity contribution in [2.75, 3.05) is 20.8 Å². The molecule has 0 saturated carbocycles. The molecular formula is C16H20N2O4. The average Bonchev–Trinajstić information content (AvgIpc) is 2.52. The number of hydrogen-bond donors (Lipinski definition) is 1. The molecule has 1 aromatic rings. The van der Waals surface area contributed by atoms with Crippen molar-refractivity contribution in [2.45, 2.75) is 19.9 Å². The molecule has 6 nitrogen and oxygen atoms in total. The van der Waals surface area contributed by atoms with Crippen LogP contribution in [0.25, 0.3) is 0 Å². The second kappa shape index (κ2) is 6.51. The van der Waals surface area contributed by atoms with Gasteiger partial charge in [-0.3, -0.25) is 0 Å². The molecule has 0 saturated heterocycles. The maximum absolute atomic E-state index is 12.1. The third-order valence-electron chi connectivity index (χ3n) is 3.68. The molecule has 0 aliphatic carbocycles. The van der Waals surface area contributed by atoms with Crippen LogP contribution in [0, 0.1) is 0 Å². The molecule has 2 amide bonds. The molecule has 0 radical (unpaired) electrons. The van der Waals surface area contributed by atoms with Gasteiger partial charge in [0.05, 0.1) is 25.3 Å². The van der Waals surface area contributed by atoms with E-state index in [1.807, 2.05) is 31.2 Å². The Balaban J connectivity index is 2.42. The zero-order valence-electron chi connectivity index (χ0n) is 13.2. The zero-order chi connectivity index (χ0) is 16.3. The number of amides is 2. The molecule has 1 aliphatic rings. The maximum Gasteiger partial charge on any atom is 0.337 e. The summed E-state index contributed by atoms with van der Waals surface area (Å²) in [6.07, 6.45) is 0. The van der Waals surface area contributed by atoms with Gasteiger partial charge in [0.1, 0.15) is 5.75 Å². The number of benzene rings is 1. The molecule has 22 heavy (non-hydrogen) atoms. The monoisotopic (exact) mass is 304 g/mol. The average molecular weight is 304 g/mol. The van der Waals surface area contributed by atoms with Gasteiger partial charge >= 0.3 is 12.0 Å². The number of hydrogen-bond acceptors (Lipinski definition) is 4. The molecule has 1 N–H and O–H groups in total. The molecule has 1 unspecified atom stereocenters. The highest BCUT2D eigenvalue weighted by Gasteiger charge is 2.34. The lowest BCUT2D eigenvalue weighted by atomic mass is 9.95. The topological polar surface area (TPSA) is 67.9 Å². The fourth-order valence-corrected chi connectivity index (χ4v) is 2.38. The van der Waals surface area contributed by atoms with Gasteiger partial charge in [0, 0.05) is 12.7 Å². The first-order valence-electron chi connectivity index (χ1n) is 7.05. The van der Waals surface area contributed by atoms with E-state index in [0.717, 1.165) is 11.3 Å². The largest absolute Gasteiger partial charge is 0.494 e. The summed E-state index contributed by atoms with van der Waals surface area (Å²) >= 11 is 0. The van der Waals surface area contributed by atoms with Crippen LogP contribution >= 0.6 is 0 Å². The van der Waals surface area contributed by atoms with Crippen molar-refractivity contribution in [2.24, 2.45) is 0 Å². The Kier molecular flexibility index (Phi) is 4.70. The summed E-state index contributed by atoms with van der Waals surface area (Å²) in [6.45, 7) is 4.22. The van der Waals surface area contributed by atoms with Crippen LogP contribution < -0.4 is 10.1 Å². The fourth-order valence-electron chi connectivity index (χ4n) is 2.38. The third-order valence-corrected chi connectivity index (χ3v) is 3.68. The Labute approximate surface area is 129 Å². The van der Waals surface area contributed by atoms with E-state index < -0.39 is 12.0 Å². The highest BCUT2D eigenvalue weighted by Crippen LogP contribution is 2.31. The second-order valence-corrected chi connectivity index (χ2v) is 4.93. The summed E-state index contributed by atoms with van der Waals surface area (Å²) < 4.78 is 10.3. The number of ether oxygens (including phenoxy) is 2. The Bertz CT molecular complexity index is 607. The lowest BCUT2D eigenvalue weighted by molar-refractivity contribution is -0.136. The van der Waals surface area contributed by atoms with Crippen LogP contribution in [0.15, 0.2) is 35.5 Å². The molecule has 0 aromatic heterocycles. The quantitative estimate of drug-likeness (QED) is 0.866. The van der Waals surface area contributed by atoms with E-state index in [9.17, 15) is 9.59 Å². The van der Waals surface area contributed by atoms with Crippen LogP contribution in [-0.4, -0.2) is 37.7 Å². The number of nitrogens with zero attached hydrogens (tertiary/aromatic N) is 1. The van der Waals surface area contributed by atoms with Crippen molar-refractivity contribution >= 4 is 12.0 Å². The van der Waals surface area contributed by atoms with Gasteiger partial charge in [-0.05, 0) is 31.5 Å². The van der Waals surface area contributed by atoms with Crippen LogP contribution in [-0.2, 0) is 9.53 Å². The number of rotatable bonds is 4. The van der Waals surface area contributed by atoms with Crippen LogP contribution in [0.1, 0.15) is 25.5 Å². The predicted molar refractivity (Wildman–Crippen MR) is 81.4 cm³/mol. The lowest BCUT2D eigenvalue weighted by Gasteiger charge is -2.33. The van der Waals surface area contributed by atoms with E-state index in [4.69, 9.17) is 9.47 Å². The maximum atomic E-state index is 12.1. The van der Waals surface area contributed by atoms with Crippen molar-refractivity contribution in [3.8, 4) is 5.75 Å². The Morgan fingerprint density at radius 1 is 1.32 bits per heavy atom. The number of carbonyl (C=O) groups is 2. The minimum Gasteiger partial charge on any atom is -0.494 e. The van der Waals surface area contributed by atoms with E-state index in [1.165, 1.54) is 12.0 Å². The van der Waals surface area contributed by atoms with Crippen LogP contribution in [0.3, 0.4) is 0 Å². The number of nitrogens with one attached hydrogen (secondary N) is 1. The van der Waals surface area contributed by atoms with Gasteiger partial charge in [-0.15, -0.1) is 0 Å². The Morgan fingerprint density at radius 3 is 2.50 bits per heavy atom. The smallest absolute Gasteiger partial charge is 0.337 e. The van der Waals surface area contributed by atoms with Gasteiger partial charge in [-0.25, -0.2) is 9.59 Å². The molecule has 2 rings (SSSR count). The highest BCUT2D eigenvalue weighted by atomic mass is 16.5. The van der Waals surface area contributed by atoms with Crippen molar-refractivity contribution < 1.29 is 19.1 Å². The van der Waals surface area contributed by atoms with E-state index in [0.29, 0.717) is 17.9 Å². The van der Waals surface area contributed by atoms with E-state index in [2.05, 4.69) is 5.32 Å². The van der Waals surface area contributed by atoms with Crippen molar-refractivity contribution in [3.05, 3.63) is 41.1 Å². The van der Waals surface area contributed by atoms with Crippen LogP contribution in [0.2, 0.25) is 0 Å². The molecule has 6 heteroatoms. The molecule has 0 spiro atoms. The first-order chi connectivity index (χ1) is 10.5. The summed E-state index contributed by atoms with van der Waals surface area (Å²) in [6, 6.07) is 6.49. The number of methoxy groups -OCH3 is 1. The van der Waals surface area contributed by atoms with Gasteiger partial charge in [0.15, 0.2) is 0 Å². The van der Waals surface area contributed by atoms with E-state index >= 15 is 0 Å². The summed E-state index contributed by atoms with van der Waals surface area (Å²) in [5.41, 5.74) is 1.80. The van der Waals surface area contributed by atoms with Gasteiger partial charge in [-0.1, -0.05) is 12.1 Å². The predicted octanol–water partition coefficient (Wildman–Crippen LogP) is 2.23. The number of allylic oxidation sites excluding steroid dienone is 1. The normalized spacial score (nSPS) is 18.1. The van der Waals surface area contributed by atoms with Crippen molar-refractivity contribution in [3.63, 3.8) is 0 Å². The Morgan fingerprint density at radius 2 is 1.95 bits per heavy atom. The van der Waals surface area contributed by atoms with Crippen molar-refractivity contribution in [1.29, 1.82) is 0 Å². The minimum atomic E-state index is -0.535. The number of carbonyl (C=O) groups excluding carboxylic acids is 2.